The molecule has 1 N–H and O–H groups in total. The Balaban J connectivity index is 4.98. The molecule has 0 heterocycles. The Morgan fingerprint density at radius 2 is 1.75 bits per heavy atom. The highest BCUT2D eigenvalue weighted by Crippen LogP contribution is 2.19. The molecule has 1 atom stereocenters. The maximum absolute atomic E-state index is 11.9. The van der Waals surface area contributed by atoms with Crippen molar-refractivity contribution in [1.29, 1.82) is 0 Å². The Bertz CT molecular complexity index is 358. The molecule has 6 heteroatoms. The van der Waals surface area contributed by atoms with E-state index in [1.54, 1.807) is 0 Å². The van der Waals surface area contributed by atoms with E-state index in [4.69, 9.17) is 0 Å². The molecule has 0 radical (unpaired) electrons. The van der Waals surface area contributed by atoms with Crippen molar-refractivity contribution in [3.8, 4) is 0 Å². The van der Waals surface area contributed by atoms with Crippen molar-refractivity contribution in [3.63, 3.8) is 0 Å². The van der Waals surface area contributed by atoms with Crippen LogP contribution in [0.1, 0.15) is 34.1 Å². The van der Waals surface area contributed by atoms with E-state index in [0.717, 1.165) is 12.7 Å². The maximum Gasteiger partial charge on any atom is 0.241 e. The molecule has 4 nitrogen and oxygen atoms in total. The Hall–Kier alpha value is -0.100. The molecule has 0 aliphatic heterocycles. The number of nitrogens with one attached hydrogen (secondary N) is 1. The molecule has 0 aromatic carbocycles. The second-order valence-electron chi connectivity index (χ2n) is 4.78. The van der Waals surface area contributed by atoms with Crippen molar-refractivity contribution >= 4 is 31.7 Å². The lowest BCUT2D eigenvalue weighted by Crippen LogP contribution is -2.56. The fraction of sp³-hybridized carbons (Fsp3) is 0.900. The summed E-state index contributed by atoms with van der Waals surface area (Å²) >= 11 is 3.31. The Labute approximate surface area is 106 Å². The first-order valence-corrected chi connectivity index (χ1v) is 8.09. The molecule has 0 aromatic rings. The number of hydrogen-bond donors (Lipinski definition) is 1. The number of amides is 1. The van der Waals surface area contributed by atoms with Crippen LogP contribution >= 0.6 is 15.9 Å². The third kappa shape index (κ3) is 3.45. The molecule has 0 aliphatic carbocycles. The monoisotopic (exact) mass is 313 g/mol. The molecule has 0 fully saturated rings. The van der Waals surface area contributed by atoms with Gasteiger partial charge in [-0.25, -0.2) is 8.42 Å². The molecule has 1 unspecified atom stereocenters. The van der Waals surface area contributed by atoms with Crippen LogP contribution in [0.5, 0.6) is 0 Å². The number of hydrogen-bond acceptors (Lipinski definition) is 3. The topological polar surface area (TPSA) is 63.2 Å². The van der Waals surface area contributed by atoms with E-state index in [-0.39, 0.29) is 0 Å². The second-order valence-corrected chi connectivity index (χ2v) is 7.91. The molecule has 0 aromatic heterocycles. The number of alkyl halides is 1. The van der Waals surface area contributed by atoms with Crippen molar-refractivity contribution in [2.45, 2.75) is 44.4 Å². The van der Waals surface area contributed by atoms with Gasteiger partial charge in [0.25, 0.3) is 0 Å². The predicted molar refractivity (Wildman–Crippen MR) is 69.6 cm³/mol. The normalized spacial score (nSPS) is 16.6. The SMILES string of the molecule is CCC(C)(CBr)NC(=O)C(C)(C)S(C)(=O)=O. The third-order valence-corrected chi connectivity index (χ3v) is 6.24. The molecule has 0 aliphatic rings. The largest absolute Gasteiger partial charge is 0.349 e. The van der Waals surface area contributed by atoms with Crippen LogP contribution in [-0.4, -0.2) is 36.2 Å². The Morgan fingerprint density at radius 3 is 2.00 bits per heavy atom. The van der Waals surface area contributed by atoms with Crippen LogP contribution in [0.3, 0.4) is 0 Å². The molecule has 96 valence electrons. The molecule has 16 heavy (non-hydrogen) atoms. The van der Waals surface area contributed by atoms with E-state index < -0.39 is 26.0 Å². The van der Waals surface area contributed by atoms with Gasteiger partial charge in [0.05, 0.1) is 0 Å². The van der Waals surface area contributed by atoms with Crippen LogP contribution in [0.25, 0.3) is 0 Å². The van der Waals surface area contributed by atoms with Gasteiger partial charge in [-0.2, -0.15) is 0 Å². The summed E-state index contributed by atoms with van der Waals surface area (Å²) in [6.07, 6.45) is 1.80. The lowest BCUT2D eigenvalue weighted by molar-refractivity contribution is -0.124. The zero-order chi connectivity index (χ0) is 13.2. The van der Waals surface area contributed by atoms with Gasteiger partial charge in [0.2, 0.25) is 5.91 Å². The van der Waals surface area contributed by atoms with Crippen LogP contribution < -0.4 is 5.32 Å². The number of sulfone groups is 1. The van der Waals surface area contributed by atoms with Gasteiger partial charge in [-0.3, -0.25) is 4.79 Å². The van der Waals surface area contributed by atoms with Crippen LogP contribution in [0.15, 0.2) is 0 Å². The minimum Gasteiger partial charge on any atom is -0.349 e. The zero-order valence-corrected chi connectivity index (χ0v) is 12.8. The van der Waals surface area contributed by atoms with Crippen LogP contribution in [0, 0.1) is 0 Å². The summed E-state index contributed by atoms with van der Waals surface area (Å²) in [7, 11) is -3.42. The average molecular weight is 314 g/mol. The summed E-state index contributed by atoms with van der Waals surface area (Å²) in [5.74, 6) is -0.459. The van der Waals surface area contributed by atoms with E-state index in [9.17, 15) is 13.2 Å². The minimum atomic E-state index is -3.42. The zero-order valence-electron chi connectivity index (χ0n) is 10.4. The second kappa shape index (κ2) is 5.04. The van der Waals surface area contributed by atoms with E-state index >= 15 is 0 Å². The van der Waals surface area contributed by atoms with Crippen molar-refractivity contribution in [2.75, 3.05) is 11.6 Å². The third-order valence-electron chi connectivity index (χ3n) is 2.96. The Kier molecular flexibility index (Phi) is 5.01. The summed E-state index contributed by atoms with van der Waals surface area (Å²) < 4.78 is 21.6. The number of rotatable bonds is 5. The van der Waals surface area contributed by atoms with Gasteiger partial charge in [-0.15, -0.1) is 0 Å². The minimum absolute atomic E-state index is 0.418. The summed E-state index contributed by atoms with van der Waals surface area (Å²) in [6.45, 7) is 6.65. The maximum atomic E-state index is 11.9. The van der Waals surface area contributed by atoms with Crippen LogP contribution in [-0.2, 0) is 14.6 Å². The van der Waals surface area contributed by atoms with Crippen LogP contribution in [0.2, 0.25) is 0 Å². The number of halogens is 1. The van der Waals surface area contributed by atoms with Gasteiger partial charge in [-0.1, -0.05) is 22.9 Å². The highest BCUT2D eigenvalue weighted by atomic mass is 79.9. The Morgan fingerprint density at radius 1 is 1.31 bits per heavy atom. The van der Waals surface area contributed by atoms with Crippen molar-refractivity contribution in [3.05, 3.63) is 0 Å². The summed E-state index contributed by atoms with van der Waals surface area (Å²) in [4.78, 5) is 11.9. The van der Waals surface area contributed by atoms with Crippen molar-refractivity contribution in [1.82, 2.24) is 5.32 Å². The van der Waals surface area contributed by atoms with Crippen molar-refractivity contribution < 1.29 is 13.2 Å². The fourth-order valence-electron chi connectivity index (χ4n) is 0.809. The highest BCUT2D eigenvalue weighted by Gasteiger charge is 2.40. The molecule has 0 saturated heterocycles. The van der Waals surface area contributed by atoms with Gasteiger partial charge < -0.3 is 5.32 Å². The van der Waals surface area contributed by atoms with Crippen LogP contribution in [0.4, 0.5) is 0 Å². The number of carbonyl (C=O) groups excluding carboxylic acids is 1. The average Bonchev–Trinajstić information content (AvgIpc) is 2.15. The smallest absolute Gasteiger partial charge is 0.241 e. The standard InChI is InChI=1S/C10H20BrNO3S/c1-6-10(4,7-11)12-8(13)9(2,3)16(5,14)15/h6-7H2,1-5H3,(H,12,13). The van der Waals surface area contributed by atoms with Gasteiger partial charge in [0, 0.05) is 17.1 Å². The van der Waals surface area contributed by atoms with E-state index in [1.807, 2.05) is 13.8 Å². The predicted octanol–water partition coefficient (Wildman–Crippen LogP) is 1.49. The molecule has 0 spiro atoms. The summed E-state index contributed by atoms with van der Waals surface area (Å²) in [6, 6.07) is 0. The first-order chi connectivity index (χ1) is 7.00. The van der Waals surface area contributed by atoms with Gasteiger partial charge in [-0.05, 0) is 27.2 Å². The van der Waals surface area contributed by atoms with E-state index in [2.05, 4.69) is 21.2 Å². The highest BCUT2D eigenvalue weighted by molar-refractivity contribution is 9.09. The van der Waals surface area contributed by atoms with Gasteiger partial charge in [0.15, 0.2) is 9.84 Å². The number of carbonyl (C=O) groups is 1. The quantitative estimate of drug-likeness (QED) is 0.782. The summed E-state index contributed by atoms with van der Waals surface area (Å²) in [5, 5.41) is 3.36. The molecule has 0 rings (SSSR count). The fourth-order valence-corrected chi connectivity index (χ4v) is 1.73. The van der Waals surface area contributed by atoms with Gasteiger partial charge in [0.1, 0.15) is 4.75 Å². The lowest BCUT2D eigenvalue weighted by Gasteiger charge is -2.32. The molecule has 0 saturated carbocycles. The van der Waals surface area contributed by atoms with E-state index in [1.165, 1.54) is 13.8 Å². The molecular formula is C10H20BrNO3S. The molecular weight excluding hydrogens is 294 g/mol. The molecule has 0 bridgehead atoms. The summed E-state index contributed by atoms with van der Waals surface area (Å²) in [5.41, 5.74) is -0.418. The lowest BCUT2D eigenvalue weighted by atomic mass is 10.0. The van der Waals surface area contributed by atoms with Crippen molar-refractivity contribution in [2.24, 2.45) is 0 Å². The first-order valence-electron chi connectivity index (χ1n) is 5.08. The van der Waals surface area contributed by atoms with Gasteiger partial charge >= 0.3 is 0 Å². The molecule has 1 amide bonds. The first kappa shape index (κ1) is 15.9. The van der Waals surface area contributed by atoms with E-state index in [0.29, 0.717) is 5.33 Å².